The van der Waals surface area contributed by atoms with Crippen molar-refractivity contribution in [3.05, 3.63) is 29.8 Å². The molecule has 0 unspecified atom stereocenters. The van der Waals surface area contributed by atoms with Crippen LogP contribution in [0, 0.1) is 6.92 Å². The highest BCUT2D eigenvalue weighted by atomic mass is 32.2. The lowest BCUT2D eigenvalue weighted by atomic mass is 10.1. The summed E-state index contributed by atoms with van der Waals surface area (Å²) in [6.07, 6.45) is 14.4. The van der Waals surface area contributed by atoms with Gasteiger partial charge in [0, 0.05) is 0 Å². The highest BCUT2D eigenvalue weighted by molar-refractivity contribution is 7.85. The van der Waals surface area contributed by atoms with E-state index >= 15 is 0 Å². The van der Waals surface area contributed by atoms with Gasteiger partial charge >= 0.3 is 0 Å². The van der Waals surface area contributed by atoms with Crippen LogP contribution in [0.4, 0.5) is 0 Å². The van der Waals surface area contributed by atoms with Gasteiger partial charge in [0.15, 0.2) is 0 Å². The molecule has 5 nitrogen and oxygen atoms in total. The molecule has 2 rings (SSSR count). The molecule has 31 heavy (non-hydrogen) atoms. The first kappa shape index (κ1) is 28.1. The Balaban J connectivity index is 0.000000367. The van der Waals surface area contributed by atoms with Crippen LogP contribution in [0.5, 0.6) is 0 Å². The zero-order valence-corrected chi connectivity index (χ0v) is 20.9. The van der Waals surface area contributed by atoms with Crippen LogP contribution < -0.4 is 0 Å². The number of morpholine rings is 1. The van der Waals surface area contributed by atoms with Crippen LogP contribution in [0.15, 0.2) is 29.2 Å². The number of quaternary nitrogens is 1. The van der Waals surface area contributed by atoms with Crippen molar-refractivity contribution in [3.8, 4) is 0 Å². The maximum atomic E-state index is 10.4. The molecular formula is C25H45NO4S. The minimum absolute atomic E-state index is 0.178. The van der Waals surface area contributed by atoms with Gasteiger partial charge in [-0.25, -0.2) is 8.42 Å². The standard InChI is InChI=1S/C18H38NO.C7H8O3S/c1-3-5-6-7-8-9-10-11-12-13-14-19(4-2)15-17-20-18-16-19;1-6-2-4-7(5-3-6)11(8,9)10/h3-18H2,1-2H3;2-5H,1H3,(H,8,9,10)/q+1;/p-1. The summed E-state index contributed by atoms with van der Waals surface area (Å²) in [5.41, 5.74) is 0.928. The zero-order chi connectivity index (χ0) is 23.0. The number of hydrogen-bond donors (Lipinski definition) is 0. The van der Waals surface area contributed by atoms with Crippen LogP contribution in [-0.2, 0) is 14.9 Å². The topological polar surface area (TPSA) is 66.4 Å². The third-order valence-corrected chi connectivity index (χ3v) is 7.24. The van der Waals surface area contributed by atoms with Gasteiger partial charge in [0.1, 0.15) is 23.2 Å². The maximum absolute atomic E-state index is 10.4. The molecule has 0 spiro atoms. The van der Waals surface area contributed by atoms with E-state index < -0.39 is 10.1 Å². The summed E-state index contributed by atoms with van der Waals surface area (Å²) in [5, 5.41) is 0. The van der Waals surface area contributed by atoms with E-state index in [0.29, 0.717) is 0 Å². The number of benzene rings is 1. The Labute approximate surface area is 191 Å². The number of likely N-dealkylation sites (N-methyl/N-ethyl adjacent to an activating group) is 1. The molecule has 180 valence electrons. The summed E-state index contributed by atoms with van der Waals surface area (Å²) in [7, 11) is -4.27. The van der Waals surface area contributed by atoms with E-state index in [1.165, 1.54) is 107 Å². The van der Waals surface area contributed by atoms with Crippen molar-refractivity contribution in [1.82, 2.24) is 0 Å². The van der Waals surface area contributed by atoms with E-state index in [1.54, 1.807) is 12.1 Å². The highest BCUT2D eigenvalue weighted by Gasteiger charge is 2.27. The van der Waals surface area contributed by atoms with Crippen molar-refractivity contribution < 1.29 is 22.2 Å². The van der Waals surface area contributed by atoms with Crippen LogP contribution in [-0.4, -0.2) is 56.8 Å². The maximum Gasteiger partial charge on any atom is 0.124 e. The first-order valence-electron chi connectivity index (χ1n) is 12.3. The fourth-order valence-electron chi connectivity index (χ4n) is 4.07. The number of aryl methyl sites for hydroxylation is 1. The van der Waals surface area contributed by atoms with E-state index in [9.17, 15) is 13.0 Å². The predicted molar refractivity (Wildman–Crippen MR) is 127 cm³/mol. The predicted octanol–water partition coefficient (Wildman–Crippen LogP) is 5.67. The molecule has 1 aromatic rings. The van der Waals surface area contributed by atoms with Crippen molar-refractivity contribution in [2.24, 2.45) is 0 Å². The second-order valence-electron chi connectivity index (χ2n) is 8.89. The molecule has 1 fully saturated rings. The Hall–Kier alpha value is -0.950. The average molecular weight is 456 g/mol. The van der Waals surface area contributed by atoms with Crippen LogP contribution in [0.25, 0.3) is 0 Å². The summed E-state index contributed by atoms with van der Waals surface area (Å²) >= 11 is 0. The zero-order valence-electron chi connectivity index (χ0n) is 20.1. The third kappa shape index (κ3) is 12.6. The summed E-state index contributed by atoms with van der Waals surface area (Å²) < 4.78 is 38.0. The smallest absolute Gasteiger partial charge is 0.124 e. The summed E-state index contributed by atoms with van der Waals surface area (Å²) in [4.78, 5) is -0.178. The molecule has 6 heteroatoms. The Kier molecular flexibility index (Phi) is 14.3. The molecule has 1 heterocycles. The molecule has 0 saturated carbocycles. The minimum Gasteiger partial charge on any atom is -0.744 e. The van der Waals surface area contributed by atoms with Gasteiger partial charge in [0.25, 0.3) is 0 Å². The summed E-state index contributed by atoms with van der Waals surface area (Å²) in [6, 6.07) is 5.78. The van der Waals surface area contributed by atoms with E-state index in [1.807, 2.05) is 6.92 Å². The van der Waals surface area contributed by atoms with Crippen molar-refractivity contribution >= 4 is 10.1 Å². The van der Waals surface area contributed by atoms with Crippen molar-refractivity contribution in [3.63, 3.8) is 0 Å². The molecule has 1 saturated heterocycles. The fourth-order valence-corrected chi connectivity index (χ4v) is 4.54. The molecule has 1 aromatic carbocycles. The number of nitrogens with zero attached hydrogens (tertiary/aromatic N) is 1. The molecule has 0 aliphatic carbocycles. The van der Waals surface area contributed by atoms with Gasteiger partial charge in [-0.3, -0.25) is 0 Å². The minimum atomic E-state index is -4.27. The van der Waals surface area contributed by atoms with Gasteiger partial charge in [0.05, 0.1) is 31.2 Å². The number of hydrogen-bond acceptors (Lipinski definition) is 4. The normalized spacial score (nSPS) is 15.9. The number of ether oxygens (including phenoxy) is 1. The number of unbranched alkanes of at least 4 members (excludes halogenated alkanes) is 9. The quantitative estimate of drug-likeness (QED) is 0.218. The lowest BCUT2D eigenvalue weighted by Gasteiger charge is -2.40. The fraction of sp³-hybridized carbons (Fsp3) is 0.760. The van der Waals surface area contributed by atoms with Gasteiger partial charge in [0.2, 0.25) is 0 Å². The Morgan fingerprint density at radius 1 is 0.839 bits per heavy atom. The van der Waals surface area contributed by atoms with E-state index in [-0.39, 0.29) is 4.90 Å². The van der Waals surface area contributed by atoms with Gasteiger partial charge in [-0.05, 0) is 38.8 Å². The molecule has 0 atom stereocenters. The molecule has 0 aromatic heterocycles. The monoisotopic (exact) mass is 455 g/mol. The van der Waals surface area contributed by atoms with E-state index in [4.69, 9.17) is 4.74 Å². The number of rotatable bonds is 13. The lowest BCUT2D eigenvalue weighted by molar-refractivity contribution is -0.933. The Morgan fingerprint density at radius 3 is 1.77 bits per heavy atom. The van der Waals surface area contributed by atoms with Crippen molar-refractivity contribution in [1.29, 1.82) is 0 Å². The van der Waals surface area contributed by atoms with Gasteiger partial charge in [-0.2, -0.15) is 0 Å². The summed E-state index contributed by atoms with van der Waals surface area (Å²) in [5.74, 6) is 0. The third-order valence-electron chi connectivity index (χ3n) is 6.39. The molecule has 0 amide bonds. The van der Waals surface area contributed by atoms with Gasteiger partial charge in [-0.1, -0.05) is 76.0 Å². The highest BCUT2D eigenvalue weighted by Crippen LogP contribution is 2.15. The first-order valence-corrected chi connectivity index (χ1v) is 13.7. The van der Waals surface area contributed by atoms with E-state index in [0.717, 1.165) is 18.8 Å². The van der Waals surface area contributed by atoms with Gasteiger partial charge in [-0.15, -0.1) is 0 Å². The van der Waals surface area contributed by atoms with Crippen molar-refractivity contribution in [2.75, 3.05) is 39.4 Å². The summed E-state index contributed by atoms with van der Waals surface area (Å²) in [6.45, 7) is 13.6. The average Bonchev–Trinajstić information content (AvgIpc) is 2.76. The Morgan fingerprint density at radius 2 is 1.32 bits per heavy atom. The molecule has 1 aliphatic heterocycles. The van der Waals surface area contributed by atoms with Gasteiger partial charge < -0.3 is 13.8 Å². The SMILES string of the molecule is CCCCCCCCCCCC[N+]1(CC)CCOCC1.Cc1ccc(S(=O)(=O)[O-])cc1. The van der Waals surface area contributed by atoms with Crippen LogP contribution in [0.3, 0.4) is 0 Å². The molecular weight excluding hydrogens is 410 g/mol. The lowest BCUT2D eigenvalue weighted by Crippen LogP contribution is -2.55. The van der Waals surface area contributed by atoms with Crippen LogP contribution in [0.1, 0.15) is 83.6 Å². The molecule has 0 N–H and O–H groups in total. The molecule has 0 radical (unpaired) electrons. The second-order valence-corrected chi connectivity index (χ2v) is 10.3. The largest absolute Gasteiger partial charge is 0.744 e. The Bertz CT molecular complexity index is 667. The second kappa shape index (κ2) is 15.8. The molecule has 0 bridgehead atoms. The van der Waals surface area contributed by atoms with Crippen molar-refractivity contribution in [2.45, 2.75) is 89.9 Å². The first-order chi connectivity index (χ1) is 14.8. The molecule has 1 aliphatic rings. The van der Waals surface area contributed by atoms with Crippen LogP contribution in [0.2, 0.25) is 0 Å². The van der Waals surface area contributed by atoms with E-state index in [2.05, 4.69) is 13.8 Å². The van der Waals surface area contributed by atoms with Crippen LogP contribution >= 0.6 is 0 Å².